The van der Waals surface area contributed by atoms with Gasteiger partial charge in [0.15, 0.2) is 0 Å². The van der Waals surface area contributed by atoms with E-state index in [0.717, 1.165) is 11.1 Å². The number of amides is 1. The molecule has 0 aliphatic carbocycles. The van der Waals surface area contributed by atoms with Crippen molar-refractivity contribution < 1.29 is 33.3 Å². The van der Waals surface area contributed by atoms with Gasteiger partial charge in [-0.2, -0.15) is 0 Å². The van der Waals surface area contributed by atoms with Gasteiger partial charge in [-0.1, -0.05) is 12.1 Å². The molecule has 4 rings (SSSR count). The summed E-state index contributed by atoms with van der Waals surface area (Å²) in [5.74, 6) is -0.193. The number of rotatable bonds is 6. The van der Waals surface area contributed by atoms with Crippen molar-refractivity contribution in [3.63, 3.8) is 0 Å². The molecule has 2 aromatic carbocycles. The molecule has 0 N–H and O–H groups in total. The lowest BCUT2D eigenvalue weighted by molar-refractivity contribution is -0.00668. The molecule has 0 bridgehead atoms. The van der Waals surface area contributed by atoms with Crippen LogP contribution in [0.3, 0.4) is 0 Å². The molecule has 1 aliphatic rings. The summed E-state index contributed by atoms with van der Waals surface area (Å²) in [5, 5.41) is 0.611. The summed E-state index contributed by atoms with van der Waals surface area (Å²) in [5.41, 5.74) is 2.42. The molecule has 2 heterocycles. The van der Waals surface area contributed by atoms with Crippen LogP contribution in [0.25, 0.3) is 10.9 Å². The fraction of sp³-hybridized carbons (Fsp3) is 0.452. The number of hydrogen-bond acceptors (Lipinski definition) is 7. The van der Waals surface area contributed by atoms with Gasteiger partial charge in [0.1, 0.15) is 11.4 Å². The molecule has 214 valence electrons. The third-order valence-electron chi connectivity index (χ3n) is 7.08. The average molecular weight is 551 g/mol. The van der Waals surface area contributed by atoms with Crippen LogP contribution in [0.2, 0.25) is 0 Å². The van der Waals surface area contributed by atoms with Gasteiger partial charge in [0.2, 0.25) is 0 Å². The molecule has 9 heteroatoms. The Morgan fingerprint density at radius 2 is 1.75 bits per heavy atom. The van der Waals surface area contributed by atoms with Crippen LogP contribution in [0.4, 0.5) is 4.79 Å². The number of benzene rings is 2. The van der Waals surface area contributed by atoms with Gasteiger partial charge < -0.3 is 23.8 Å². The Morgan fingerprint density at radius 3 is 2.35 bits per heavy atom. The Labute approximate surface area is 234 Å². The monoisotopic (exact) mass is 550 g/mol. The van der Waals surface area contributed by atoms with E-state index in [1.807, 2.05) is 51.7 Å². The topological polar surface area (TPSA) is 96.3 Å². The molecule has 1 fully saturated rings. The van der Waals surface area contributed by atoms with Crippen LogP contribution >= 0.6 is 0 Å². The molecule has 0 saturated carbocycles. The van der Waals surface area contributed by atoms with Crippen molar-refractivity contribution in [1.29, 1.82) is 0 Å². The van der Waals surface area contributed by atoms with Crippen molar-refractivity contribution >= 4 is 28.9 Å². The Morgan fingerprint density at radius 1 is 1.05 bits per heavy atom. The number of ether oxygens (including phenoxy) is 4. The van der Waals surface area contributed by atoms with Crippen LogP contribution in [-0.4, -0.2) is 66.5 Å². The summed E-state index contributed by atoms with van der Waals surface area (Å²) in [6.45, 7) is 10.3. The van der Waals surface area contributed by atoms with Crippen molar-refractivity contribution in [1.82, 2.24) is 9.47 Å². The first-order valence-corrected chi connectivity index (χ1v) is 13.5. The summed E-state index contributed by atoms with van der Waals surface area (Å²) in [6, 6.07) is 10.4. The van der Waals surface area contributed by atoms with Crippen LogP contribution < -0.4 is 4.74 Å². The summed E-state index contributed by atoms with van der Waals surface area (Å²) in [4.78, 5) is 41.2. The van der Waals surface area contributed by atoms with E-state index in [9.17, 15) is 14.4 Å². The quantitative estimate of drug-likeness (QED) is 0.352. The number of hydrogen-bond donors (Lipinski definition) is 0. The first kappa shape index (κ1) is 29.1. The fourth-order valence-electron chi connectivity index (χ4n) is 5.33. The van der Waals surface area contributed by atoms with E-state index in [1.54, 1.807) is 30.5 Å². The van der Waals surface area contributed by atoms with Crippen LogP contribution in [0.5, 0.6) is 5.75 Å². The highest BCUT2D eigenvalue weighted by atomic mass is 16.6. The Balaban J connectivity index is 1.78. The maximum atomic E-state index is 14.4. The molecule has 40 heavy (non-hydrogen) atoms. The van der Waals surface area contributed by atoms with E-state index in [-0.39, 0.29) is 18.1 Å². The summed E-state index contributed by atoms with van der Waals surface area (Å²) < 4.78 is 23.6. The predicted molar refractivity (Wildman–Crippen MR) is 151 cm³/mol. The number of carbonyl (C=O) groups is 3. The number of methoxy groups -OCH3 is 2. The highest BCUT2D eigenvalue weighted by Crippen LogP contribution is 2.38. The lowest BCUT2D eigenvalue weighted by Crippen LogP contribution is -2.43. The zero-order chi connectivity index (χ0) is 29.2. The minimum absolute atomic E-state index is 0.00693. The molecule has 2 atom stereocenters. The van der Waals surface area contributed by atoms with Crippen molar-refractivity contribution in [3.8, 4) is 5.75 Å². The summed E-state index contributed by atoms with van der Waals surface area (Å²) in [6.07, 6.45) is 2.40. The highest BCUT2D eigenvalue weighted by molar-refractivity contribution is 6.11. The van der Waals surface area contributed by atoms with Gasteiger partial charge >= 0.3 is 12.1 Å². The van der Waals surface area contributed by atoms with E-state index in [2.05, 4.69) is 0 Å². The second-order valence-corrected chi connectivity index (χ2v) is 10.9. The van der Waals surface area contributed by atoms with Gasteiger partial charge in [0.25, 0.3) is 5.91 Å². The predicted octanol–water partition coefficient (Wildman–Crippen LogP) is 5.91. The second-order valence-electron chi connectivity index (χ2n) is 10.9. The van der Waals surface area contributed by atoms with Gasteiger partial charge in [-0.15, -0.1) is 0 Å². The molecular weight excluding hydrogens is 512 g/mol. The van der Waals surface area contributed by atoms with Crippen molar-refractivity contribution in [2.45, 2.75) is 65.2 Å². The van der Waals surface area contributed by atoms with E-state index in [4.69, 9.17) is 18.9 Å². The second kappa shape index (κ2) is 11.7. The first-order valence-electron chi connectivity index (χ1n) is 13.5. The number of carbonyl (C=O) groups excluding carboxylic acids is 3. The van der Waals surface area contributed by atoms with Crippen LogP contribution in [-0.2, 0) is 14.2 Å². The number of fused-ring (bicyclic) bond motifs is 1. The SMILES string of the molecule is CCO[C@H]1CCN(C(=O)c2c(OC)cc(C)c3c2ccn3C(=O)OC(C)(C)C)[C@H](c2ccc(C(=O)OC)cc2)C1. The first-order chi connectivity index (χ1) is 19.0. The van der Waals surface area contributed by atoms with Gasteiger partial charge in [-0.3, -0.25) is 9.36 Å². The number of esters is 1. The zero-order valence-electron chi connectivity index (χ0n) is 24.3. The minimum atomic E-state index is -0.672. The molecule has 1 amide bonds. The molecular formula is C31H38N2O7. The standard InChI is InChI=1S/C31H38N2O7/c1-8-39-22-13-15-32(24(18-22)20-9-11-21(12-10-20)29(35)38-7)28(34)26-23-14-16-33(30(36)40-31(3,4)5)27(23)19(2)17-25(26)37-6/h9-12,14,16-17,22,24H,8,13,15,18H2,1-7H3/t22-,24-/m0/s1. The van der Waals surface area contributed by atoms with Crippen LogP contribution in [0.15, 0.2) is 42.6 Å². The molecule has 1 saturated heterocycles. The van der Waals surface area contributed by atoms with E-state index in [0.29, 0.717) is 53.8 Å². The largest absolute Gasteiger partial charge is 0.496 e. The molecule has 3 aromatic rings. The fourth-order valence-corrected chi connectivity index (χ4v) is 5.33. The molecule has 0 spiro atoms. The highest BCUT2D eigenvalue weighted by Gasteiger charge is 2.36. The van der Waals surface area contributed by atoms with E-state index >= 15 is 0 Å². The number of piperidine rings is 1. The summed E-state index contributed by atoms with van der Waals surface area (Å²) >= 11 is 0. The third-order valence-corrected chi connectivity index (χ3v) is 7.08. The molecule has 1 aliphatic heterocycles. The normalized spacial score (nSPS) is 17.5. The molecule has 0 radical (unpaired) electrons. The number of nitrogens with zero attached hydrogens (tertiary/aromatic N) is 2. The minimum Gasteiger partial charge on any atom is -0.496 e. The van der Waals surface area contributed by atoms with Crippen molar-refractivity contribution in [2.75, 3.05) is 27.4 Å². The maximum Gasteiger partial charge on any atom is 0.419 e. The molecule has 9 nitrogen and oxygen atoms in total. The van der Waals surface area contributed by atoms with Gasteiger partial charge in [-0.25, -0.2) is 9.59 Å². The lowest BCUT2D eigenvalue weighted by atomic mass is 9.91. The Bertz CT molecular complexity index is 1400. The number of aromatic nitrogens is 1. The molecule has 1 aromatic heterocycles. The van der Waals surface area contributed by atoms with Gasteiger partial charge in [0, 0.05) is 24.7 Å². The van der Waals surface area contributed by atoms with Crippen molar-refractivity contribution in [2.24, 2.45) is 0 Å². The third kappa shape index (κ3) is 5.84. The van der Waals surface area contributed by atoms with E-state index < -0.39 is 17.7 Å². The number of aryl methyl sites for hydroxylation is 1. The zero-order valence-corrected chi connectivity index (χ0v) is 24.3. The summed E-state index contributed by atoms with van der Waals surface area (Å²) in [7, 11) is 2.88. The van der Waals surface area contributed by atoms with Gasteiger partial charge in [0.05, 0.1) is 43.0 Å². The Kier molecular flexibility index (Phi) is 8.54. The number of likely N-dealkylation sites (tertiary alicyclic amines) is 1. The van der Waals surface area contributed by atoms with E-state index in [1.165, 1.54) is 18.8 Å². The van der Waals surface area contributed by atoms with Crippen LogP contribution in [0, 0.1) is 6.92 Å². The van der Waals surface area contributed by atoms with Crippen molar-refractivity contribution in [3.05, 3.63) is 64.8 Å². The maximum absolute atomic E-state index is 14.4. The lowest BCUT2D eigenvalue weighted by Gasteiger charge is -2.40. The average Bonchev–Trinajstić information content (AvgIpc) is 3.37. The smallest absolute Gasteiger partial charge is 0.419 e. The van der Waals surface area contributed by atoms with Crippen LogP contribution in [0.1, 0.15) is 78.4 Å². The molecule has 0 unspecified atom stereocenters. The Hall–Kier alpha value is -3.85. The van der Waals surface area contributed by atoms with Gasteiger partial charge in [-0.05, 0) is 82.9 Å².